The van der Waals surface area contributed by atoms with E-state index in [4.69, 9.17) is 5.73 Å². The second-order valence-electron chi connectivity index (χ2n) is 6.58. The average Bonchev–Trinajstić information content (AvgIpc) is 2.63. The number of hydrogen-bond donors (Lipinski definition) is 1. The predicted octanol–water partition coefficient (Wildman–Crippen LogP) is 3.01. The molecule has 1 amide bonds. The van der Waals surface area contributed by atoms with E-state index in [1.54, 1.807) is 12.1 Å². The van der Waals surface area contributed by atoms with Gasteiger partial charge in [0.1, 0.15) is 0 Å². The molecule has 0 aliphatic carbocycles. The number of benzene rings is 2. The van der Waals surface area contributed by atoms with Gasteiger partial charge in [-0.3, -0.25) is 9.69 Å². The minimum absolute atomic E-state index is 0.378. The van der Waals surface area contributed by atoms with E-state index in [1.165, 1.54) is 11.1 Å². The van der Waals surface area contributed by atoms with Crippen LogP contribution in [0.3, 0.4) is 0 Å². The highest BCUT2D eigenvalue weighted by atomic mass is 16.1. The second-order valence-corrected chi connectivity index (χ2v) is 6.58. The van der Waals surface area contributed by atoms with Crippen molar-refractivity contribution in [3.63, 3.8) is 0 Å². The number of primary amides is 1. The van der Waals surface area contributed by atoms with E-state index in [-0.39, 0.29) is 5.91 Å². The summed E-state index contributed by atoms with van der Waals surface area (Å²) in [5, 5.41) is 0. The van der Waals surface area contributed by atoms with Crippen LogP contribution in [-0.2, 0) is 0 Å². The molecule has 0 unspecified atom stereocenters. The molecule has 4 nitrogen and oxygen atoms in total. The maximum Gasteiger partial charge on any atom is 0.248 e. The standard InChI is InChI=1S/C21H25N3O/c1-17(15-18-5-3-2-4-6-18)16-23-11-13-24(14-12-23)20-9-7-19(8-10-20)21(22)25/h2-10,15H,11-14,16H2,1H3,(H2,22,25)/b17-15+. The number of anilines is 1. The summed E-state index contributed by atoms with van der Waals surface area (Å²) < 4.78 is 0. The molecular formula is C21H25N3O. The van der Waals surface area contributed by atoms with Gasteiger partial charge in [0.05, 0.1) is 0 Å². The van der Waals surface area contributed by atoms with E-state index in [0.29, 0.717) is 5.56 Å². The molecule has 130 valence electrons. The summed E-state index contributed by atoms with van der Waals surface area (Å²) in [6.45, 7) is 7.27. The fourth-order valence-corrected chi connectivity index (χ4v) is 3.23. The lowest BCUT2D eigenvalue weighted by Crippen LogP contribution is -2.46. The van der Waals surface area contributed by atoms with Crippen molar-refractivity contribution < 1.29 is 4.79 Å². The minimum Gasteiger partial charge on any atom is -0.369 e. The van der Waals surface area contributed by atoms with Gasteiger partial charge in [-0.25, -0.2) is 0 Å². The number of carbonyl (C=O) groups is 1. The topological polar surface area (TPSA) is 49.6 Å². The Labute approximate surface area is 149 Å². The van der Waals surface area contributed by atoms with Crippen LogP contribution in [0.5, 0.6) is 0 Å². The van der Waals surface area contributed by atoms with Crippen LogP contribution >= 0.6 is 0 Å². The Bertz CT molecular complexity index is 729. The lowest BCUT2D eigenvalue weighted by molar-refractivity contribution is 0.100. The minimum atomic E-state index is -0.378. The van der Waals surface area contributed by atoms with Gasteiger partial charge in [-0.15, -0.1) is 0 Å². The van der Waals surface area contributed by atoms with E-state index in [9.17, 15) is 4.79 Å². The molecule has 4 heteroatoms. The van der Waals surface area contributed by atoms with Crippen LogP contribution in [0.2, 0.25) is 0 Å². The summed E-state index contributed by atoms with van der Waals surface area (Å²) in [6, 6.07) is 18.0. The van der Waals surface area contributed by atoms with Gasteiger partial charge >= 0.3 is 0 Å². The van der Waals surface area contributed by atoms with Crippen LogP contribution in [0.4, 0.5) is 5.69 Å². The normalized spacial score (nSPS) is 16.0. The van der Waals surface area contributed by atoms with Gasteiger partial charge in [0.25, 0.3) is 0 Å². The number of hydrogen-bond acceptors (Lipinski definition) is 3. The monoisotopic (exact) mass is 335 g/mol. The second kappa shape index (κ2) is 7.99. The van der Waals surface area contributed by atoms with Crippen LogP contribution in [0, 0.1) is 0 Å². The Balaban J connectivity index is 1.53. The summed E-state index contributed by atoms with van der Waals surface area (Å²) in [4.78, 5) is 16.0. The summed E-state index contributed by atoms with van der Waals surface area (Å²) >= 11 is 0. The third kappa shape index (κ3) is 4.70. The van der Waals surface area contributed by atoms with E-state index in [1.807, 2.05) is 18.2 Å². The Morgan fingerprint density at radius 2 is 1.64 bits per heavy atom. The molecule has 1 aliphatic rings. The number of rotatable bonds is 5. The highest BCUT2D eigenvalue weighted by Gasteiger charge is 2.17. The first-order valence-corrected chi connectivity index (χ1v) is 8.71. The molecule has 0 aromatic heterocycles. The van der Waals surface area contributed by atoms with Crippen LogP contribution in [0.15, 0.2) is 60.2 Å². The molecule has 1 fully saturated rings. The Kier molecular flexibility index (Phi) is 5.51. The van der Waals surface area contributed by atoms with Gasteiger partial charge in [-0.2, -0.15) is 0 Å². The molecule has 0 spiro atoms. The Morgan fingerprint density at radius 3 is 2.24 bits per heavy atom. The summed E-state index contributed by atoms with van der Waals surface area (Å²) in [5.41, 5.74) is 9.65. The molecule has 0 bridgehead atoms. The van der Waals surface area contributed by atoms with Gasteiger partial charge in [0, 0.05) is 44.0 Å². The molecule has 1 aliphatic heterocycles. The van der Waals surface area contributed by atoms with Gasteiger partial charge in [-0.1, -0.05) is 42.0 Å². The molecule has 3 rings (SSSR count). The molecule has 1 heterocycles. The number of amides is 1. The molecule has 0 atom stereocenters. The number of carbonyl (C=O) groups excluding carboxylic acids is 1. The molecule has 2 aromatic carbocycles. The summed E-state index contributed by atoms with van der Waals surface area (Å²) in [5.74, 6) is -0.378. The van der Waals surface area contributed by atoms with Crippen molar-refractivity contribution in [1.82, 2.24) is 4.90 Å². The van der Waals surface area contributed by atoms with Crippen LogP contribution < -0.4 is 10.6 Å². The van der Waals surface area contributed by atoms with Crippen LogP contribution in [-0.4, -0.2) is 43.5 Å². The Morgan fingerprint density at radius 1 is 1.00 bits per heavy atom. The van der Waals surface area contributed by atoms with E-state index < -0.39 is 0 Å². The van der Waals surface area contributed by atoms with Gasteiger partial charge in [0.2, 0.25) is 5.91 Å². The number of nitrogens with zero attached hydrogens (tertiary/aromatic N) is 2. The number of nitrogens with two attached hydrogens (primary N) is 1. The lowest BCUT2D eigenvalue weighted by atomic mass is 10.1. The molecule has 25 heavy (non-hydrogen) atoms. The van der Waals surface area contributed by atoms with Crippen molar-refractivity contribution in [1.29, 1.82) is 0 Å². The van der Waals surface area contributed by atoms with E-state index in [0.717, 1.165) is 38.4 Å². The lowest BCUT2D eigenvalue weighted by Gasteiger charge is -2.36. The summed E-state index contributed by atoms with van der Waals surface area (Å²) in [6.07, 6.45) is 2.26. The third-order valence-electron chi connectivity index (χ3n) is 4.57. The van der Waals surface area contributed by atoms with Crippen molar-refractivity contribution in [2.24, 2.45) is 5.73 Å². The maximum atomic E-state index is 11.2. The first-order chi connectivity index (χ1) is 12.1. The predicted molar refractivity (Wildman–Crippen MR) is 104 cm³/mol. The van der Waals surface area contributed by atoms with E-state index in [2.05, 4.69) is 47.1 Å². The van der Waals surface area contributed by atoms with Gasteiger partial charge in [0.15, 0.2) is 0 Å². The van der Waals surface area contributed by atoms with Crippen molar-refractivity contribution in [2.45, 2.75) is 6.92 Å². The maximum absolute atomic E-state index is 11.2. The third-order valence-corrected chi connectivity index (χ3v) is 4.57. The average molecular weight is 335 g/mol. The molecule has 2 aromatic rings. The van der Waals surface area contributed by atoms with Gasteiger partial charge < -0.3 is 10.6 Å². The smallest absolute Gasteiger partial charge is 0.248 e. The van der Waals surface area contributed by atoms with Crippen molar-refractivity contribution in [3.8, 4) is 0 Å². The van der Waals surface area contributed by atoms with Crippen molar-refractivity contribution in [3.05, 3.63) is 71.3 Å². The largest absolute Gasteiger partial charge is 0.369 e. The zero-order chi connectivity index (χ0) is 17.6. The quantitative estimate of drug-likeness (QED) is 0.914. The van der Waals surface area contributed by atoms with Crippen molar-refractivity contribution >= 4 is 17.7 Å². The number of piperazine rings is 1. The molecule has 0 radical (unpaired) electrons. The fourth-order valence-electron chi connectivity index (χ4n) is 3.23. The first-order valence-electron chi connectivity index (χ1n) is 8.71. The zero-order valence-corrected chi connectivity index (χ0v) is 14.7. The van der Waals surface area contributed by atoms with Crippen molar-refractivity contribution in [2.75, 3.05) is 37.6 Å². The Hall–Kier alpha value is -2.59. The zero-order valence-electron chi connectivity index (χ0n) is 14.7. The highest BCUT2D eigenvalue weighted by molar-refractivity contribution is 5.93. The van der Waals surface area contributed by atoms with Crippen LogP contribution in [0.1, 0.15) is 22.8 Å². The summed E-state index contributed by atoms with van der Waals surface area (Å²) in [7, 11) is 0. The molecular weight excluding hydrogens is 310 g/mol. The molecule has 1 saturated heterocycles. The molecule has 0 saturated carbocycles. The SMILES string of the molecule is C/C(=C\c1ccccc1)CN1CCN(c2ccc(C(N)=O)cc2)CC1. The molecule has 2 N–H and O–H groups in total. The van der Waals surface area contributed by atoms with Crippen LogP contribution in [0.25, 0.3) is 6.08 Å². The van der Waals surface area contributed by atoms with E-state index >= 15 is 0 Å². The highest BCUT2D eigenvalue weighted by Crippen LogP contribution is 2.18. The first kappa shape index (κ1) is 17.2. The fraction of sp³-hybridized carbons (Fsp3) is 0.286. The van der Waals surface area contributed by atoms with Gasteiger partial charge in [-0.05, 0) is 36.8 Å².